The summed E-state index contributed by atoms with van der Waals surface area (Å²) in [4.78, 5) is 4.59. The molecule has 0 amide bonds. The number of thioether (sulfide) groups is 2. The molecule has 0 aliphatic heterocycles. The van der Waals surface area contributed by atoms with E-state index in [4.69, 9.17) is 0 Å². The predicted octanol–water partition coefficient (Wildman–Crippen LogP) is 4.75. The van der Waals surface area contributed by atoms with Crippen LogP contribution in [0.25, 0.3) is 0 Å². The molecule has 108 valence electrons. The third-order valence-electron chi connectivity index (χ3n) is 2.48. The minimum absolute atomic E-state index is 0.815. The number of nitrogens with one attached hydrogen (secondary N) is 1. The van der Waals surface area contributed by atoms with Crippen molar-refractivity contribution < 1.29 is 0 Å². The number of hydrogen-bond donors (Lipinski definition) is 1. The zero-order valence-corrected chi connectivity index (χ0v) is 14.4. The summed E-state index contributed by atoms with van der Waals surface area (Å²) in [6, 6.07) is 10.1. The fourth-order valence-electron chi connectivity index (χ4n) is 1.55. The van der Waals surface area contributed by atoms with Crippen LogP contribution in [0.3, 0.4) is 0 Å². The molecule has 0 atom stereocenters. The first kappa shape index (κ1) is 14.8. The maximum atomic E-state index is 4.59. The Kier molecular flexibility index (Phi) is 5.13. The number of anilines is 2. The van der Waals surface area contributed by atoms with Gasteiger partial charge in [-0.15, -0.1) is 21.5 Å². The van der Waals surface area contributed by atoms with Gasteiger partial charge in [0.1, 0.15) is 0 Å². The lowest BCUT2D eigenvalue weighted by Gasteiger charge is -2.00. The van der Waals surface area contributed by atoms with Crippen molar-refractivity contribution in [2.75, 3.05) is 11.6 Å². The van der Waals surface area contributed by atoms with Crippen molar-refractivity contribution in [3.05, 3.63) is 41.4 Å². The number of para-hydroxylation sites is 1. The highest BCUT2D eigenvalue weighted by Gasteiger charge is 2.07. The molecule has 0 bridgehead atoms. The molecule has 0 unspecified atom stereocenters. The smallest absolute Gasteiger partial charge is 0.187 e. The van der Waals surface area contributed by atoms with Crippen molar-refractivity contribution in [2.45, 2.75) is 14.4 Å². The van der Waals surface area contributed by atoms with Gasteiger partial charge in [0.15, 0.2) is 13.8 Å². The molecule has 3 aromatic rings. The van der Waals surface area contributed by atoms with Crippen LogP contribution in [-0.2, 0) is 5.75 Å². The maximum Gasteiger partial charge on any atom is 0.187 e. The zero-order chi connectivity index (χ0) is 14.5. The van der Waals surface area contributed by atoms with Gasteiger partial charge in [0.05, 0.1) is 5.69 Å². The minimum atomic E-state index is 0.815. The molecule has 2 heterocycles. The summed E-state index contributed by atoms with van der Waals surface area (Å²) in [6.07, 6.45) is 2.01. The summed E-state index contributed by atoms with van der Waals surface area (Å²) in [6.45, 7) is 0. The van der Waals surface area contributed by atoms with Crippen LogP contribution in [-0.4, -0.2) is 21.4 Å². The Balaban J connectivity index is 1.57. The third-order valence-corrected chi connectivity index (χ3v) is 6.36. The number of hydrogen-bond acceptors (Lipinski definition) is 8. The average Bonchev–Trinajstić information content (AvgIpc) is 3.15. The molecule has 8 heteroatoms. The Labute approximate surface area is 139 Å². The van der Waals surface area contributed by atoms with Crippen LogP contribution >= 0.6 is 46.2 Å². The van der Waals surface area contributed by atoms with E-state index in [0.717, 1.165) is 30.9 Å². The van der Waals surface area contributed by atoms with E-state index in [-0.39, 0.29) is 0 Å². The van der Waals surface area contributed by atoms with Gasteiger partial charge >= 0.3 is 0 Å². The van der Waals surface area contributed by atoms with E-state index in [2.05, 4.69) is 25.9 Å². The molecule has 4 nitrogen and oxygen atoms in total. The highest BCUT2D eigenvalue weighted by atomic mass is 32.2. The van der Waals surface area contributed by atoms with E-state index < -0.39 is 0 Å². The number of rotatable bonds is 6. The van der Waals surface area contributed by atoms with Crippen molar-refractivity contribution in [3.63, 3.8) is 0 Å². The van der Waals surface area contributed by atoms with Gasteiger partial charge in [-0.3, -0.25) is 0 Å². The van der Waals surface area contributed by atoms with Crippen LogP contribution in [0, 0.1) is 0 Å². The molecule has 2 aromatic heterocycles. The van der Waals surface area contributed by atoms with Crippen LogP contribution < -0.4 is 5.32 Å². The molecule has 21 heavy (non-hydrogen) atoms. The molecule has 1 aromatic carbocycles. The van der Waals surface area contributed by atoms with E-state index in [1.54, 1.807) is 46.2 Å². The van der Waals surface area contributed by atoms with E-state index in [9.17, 15) is 0 Å². The van der Waals surface area contributed by atoms with E-state index >= 15 is 0 Å². The quantitative estimate of drug-likeness (QED) is 0.646. The highest BCUT2D eigenvalue weighted by Crippen LogP contribution is 2.30. The molecule has 0 fully saturated rings. The summed E-state index contributed by atoms with van der Waals surface area (Å²) in [5.41, 5.74) is 2.11. The molecule has 3 rings (SSSR count). The van der Waals surface area contributed by atoms with Gasteiger partial charge in [0, 0.05) is 16.8 Å². The molecule has 0 saturated heterocycles. The van der Waals surface area contributed by atoms with Gasteiger partial charge in [-0.25, -0.2) is 4.98 Å². The van der Waals surface area contributed by atoms with Crippen LogP contribution in [0.4, 0.5) is 10.8 Å². The molecule has 0 aliphatic rings. The lowest BCUT2D eigenvalue weighted by molar-refractivity contribution is 0.955. The topological polar surface area (TPSA) is 50.7 Å². The van der Waals surface area contributed by atoms with Gasteiger partial charge < -0.3 is 5.32 Å². The maximum absolute atomic E-state index is 4.59. The summed E-state index contributed by atoms with van der Waals surface area (Å²) in [5, 5.41) is 14.5. The molecular weight excluding hydrogens is 340 g/mol. The first-order valence-electron chi connectivity index (χ1n) is 6.10. The Morgan fingerprint density at radius 2 is 1.95 bits per heavy atom. The minimum Gasteiger partial charge on any atom is -0.332 e. The fraction of sp³-hybridized carbons (Fsp3) is 0.154. The van der Waals surface area contributed by atoms with Crippen LogP contribution in [0.5, 0.6) is 0 Å². The van der Waals surface area contributed by atoms with Crippen LogP contribution in [0.1, 0.15) is 5.69 Å². The first-order chi connectivity index (χ1) is 10.3. The zero-order valence-electron chi connectivity index (χ0n) is 11.1. The van der Waals surface area contributed by atoms with Crippen LogP contribution in [0.15, 0.2) is 44.4 Å². The second-order valence-electron chi connectivity index (χ2n) is 3.96. The molecular formula is C13H12N4S4. The highest BCUT2D eigenvalue weighted by molar-refractivity contribution is 8.02. The normalized spacial score (nSPS) is 10.7. The average molecular weight is 353 g/mol. The second kappa shape index (κ2) is 7.26. The predicted molar refractivity (Wildman–Crippen MR) is 93.1 cm³/mol. The third kappa shape index (κ3) is 4.19. The van der Waals surface area contributed by atoms with E-state index in [0.29, 0.717) is 0 Å². The van der Waals surface area contributed by atoms with Crippen molar-refractivity contribution in [1.82, 2.24) is 15.2 Å². The monoisotopic (exact) mass is 352 g/mol. The number of aromatic nitrogens is 3. The molecule has 1 N–H and O–H groups in total. The fourth-order valence-corrected chi connectivity index (χ4v) is 4.72. The van der Waals surface area contributed by atoms with Gasteiger partial charge in [-0.1, -0.05) is 53.1 Å². The first-order valence-corrected chi connectivity index (χ1v) is 10.0. The SMILES string of the molecule is CSc1nnc(SCc2csc(Nc3ccccc3)n2)s1. The standard InChI is InChI=1S/C13H12N4S4/c1-18-12-16-17-13(21-12)20-8-10-7-19-11(15-10)14-9-5-3-2-4-6-9/h2-7H,8H2,1H3,(H,14,15). The Bertz CT molecular complexity index is 695. The summed E-state index contributed by atoms with van der Waals surface area (Å²) < 4.78 is 1.99. The summed E-state index contributed by atoms with van der Waals surface area (Å²) >= 11 is 6.54. The number of thiazole rings is 1. The lowest BCUT2D eigenvalue weighted by atomic mass is 10.3. The Hall–Kier alpha value is -1.09. The van der Waals surface area contributed by atoms with Gasteiger partial charge in [-0.2, -0.15) is 0 Å². The largest absolute Gasteiger partial charge is 0.332 e. The van der Waals surface area contributed by atoms with Crippen molar-refractivity contribution >= 4 is 57.0 Å². The van der Waals surface area contributed by atoms with Crippen LogP contribution in [0.2, 0.25) is 0 Å². The second-order valence-corrected chi connectivity index (χ2v) is 8.07. The van der Waals surface area contributed by atoms with E-state index in [1.807, 2.05) is 36.6 Å². The Morgan fingerprint density at radius 1 is 1.14 bits per heavy atom. The van der Waals surface area contributed by atoms with Crippen molar-refractivity contribution in [3.8, 4) is 0 Å². The summed E-state index contributed by atoms with van der Waals surface area (Å²) in [7, 11) is 0. The van der Waals surface area contributed by atoms with Gasteiger partial charge in [0.2, 0.25) is 0 Å². The molecule has 0 saturated carbocycles. The molecule has 0 radical (unpaired) electrons. The van der Waals surface area contributed by atoms with E-state index in [1.165, 1.54) is 0 Å². The molecule has 0 aliphatic carbocycles. The Morgan fingerprint density at radius 3 is 2.71 bits per heavy atom. The number of benzene rings is 1. The number of nitrogens with zero attached hydrogens (tertiary/aromatic N) is 3. The van der Waals surface area contributed by atoms with Crippen molar-refractivity contribution in [1.29, 1.82) is 0 Å². The van der Waals surface area contributed by atoms with Gasteiger partial charge in [0.25, 0.3) is 0 Å². The van der Waals surface area contributed by atoms with Gasteiger partial charge in [-0.05, 0) is 18.4 Å². The lowest BCUT2D eigenvalue weighted by Crippen LogP contribution is -1.89. The van der Waals surface area contributed by atoms with Crippen molar-refractivity contribution in [2.24, 2.45) is 0 Å². The molecule has 0 spiro atoms. The summed E-state index contributed by atoms with van der Waals surface area (Å²) in [5.74, 6) is 0.815.